The number of hydrogen-bond donors (Lipinski definition) is 0. The van der Waals surface area contributed by atoms with Crippen molar-refractivity contribution in [1.82, 2.24) is 14.3 Å². The predicted octanol–water partition coefficient (Wildman–Crippen LogP) is 0.166. The topological polar surface area (TPSA) is 107 Å². The van der Waals surface area contributed by atoms with E-state index in [0.29, 0.717) is 38.2 Å². The van der Waals surface area contributed by atoms with E-state index in [1.165, 1.54) is 4.31 Å². The summed E-state index contributed by atoms with van der Waals surface area (Å²) >= 11 is 0. The molecule has 0 aromatic carbocycles. The summed E-state index contributed by atoms with van der Waals surface area (Å²) in [4.78, 5) is 8.83. The van der Waals surface area contributed by atoms with Gasteiger partial charge in [-0.2, -0.15) is 4.31 Å². The predicted molar refractivity (Wildman–Crippen MR) is 94.9 cm³/mol. The number of fused-ring (bicyclic) bond motifs is 2. The molecule has 0 saturated carbocycles. The molecule has 0 N–H and O–H groups in total. The Kier molecular flexibility index (Phi) is 4.37. The highest BCUT2D eigenvalue weighted by molar-refractivity contribution is 7.95. The summed E-state index contributed by atoms with van der Waals surface area (Å²) in [6.45, 7) is 2.90. The van der Waals surface area contributed by atoms with Crippen molar-refractivity contribution in [3.63, 3.8) is 0 Å². The van der Waals surface area contributed by atoms with Crippen LogP contribution in [0.5, 0.6) is 0 Å². The average Bonchev–Trinajstić information content (AvgIpc) is 2.97. The van der Waals surface area contributed by atoms with Gasteiger partial charge in [0.25, 0.3) is 0 Å². The number of aromatic nitrogens is 2. The Morgan fingerprint density at radius 2 is 2.19 bits per heavy atom. The lowest BCUT2D eigenvalue weighted by molar-refractivity contribution is -0.0936. The lowest BCUT2D eigenvalue weighted by Crippen LogP contribution is -2.54. The molecule has 2 atom stereocenters. The highest BCUT2D eigenvalue weighted by Gasteiger charge is 2.48. The van der Waals surface area contributed by atoms with E-state index >= 15 is 0 Å². The lowest BCUT2D eigenvalue weighted by atomic mass is 9.85. The maximum atomic E-state index is 13.1. The molecule has 26 heavy (non-hydrogen) atoms. The molecule has 2 fully saturated rings. The van der Waals surface area contributed by atoms with Crippen LogP contribution in [-0.4, -0.2) is 67.6 Å². The molecule has 0 amide bonds. The second kappa shape index (κ2) is 6.22. The molecule has 0 unspecified atom stereocenters. The van der Waals surface area contributed by atoms with Gasteiger partial charge in [-0.25, -0.2) is 26.8 Å². The molecule has 3 aliphatic heterocycles. The smallest absolute Gasteiger partial charge is 0.218 e. The van der Waals surface area contributed by atoms with Gasteiger partial charge in [0.15, 0.2) is 9.84 Å². The van der Waals surface area contributed by atoms with E-state index in [1.54, 1.807) is 6.20 Å². The third kappa shape index (κ3) is 3.06. The first kappa shape index (κ1) is 18.3. The zero-order chi connectivity index (χ0) is 18.6. The minimum atomic E-state index is -3.69. The van der Waals surface area contributed by atoms with Gasteiger partial charge in [-0.15, -0.1) is 0 Å². The summed E-state index contributed by atoms with van der Waals surface area (Å²) in [7, 11) is -6.95. The first-order chi connectivity index (χ1) is 12.2. The number of ether oxygens (including phenoxy) is 1. The van der Waals surface area contributed by atoms with Gasteiger partial charge >= 0.3 is 0 Å². The Balaban J connectivity index is 1.66. The number of sulfonamides is 1. The molecular formula is C16H23N3O5S2. The number of rotatable bonds is 2. The number of nitrogens with zero attached hydrogens (tertiary/aromatic N) is 3. The van der Waals surface area contributed by atoms with E-state index in [0.717, 1.165) is 11.3 Å². The van der Waals surface area contributed by atoms with Gasteiger partial charge in [0.2, 0.25) is 10.0 Å². The summed E-state index contributed by atoms with van der Waals surface area (Å²) in [5, 5.41) is -0.849. The lowest BCUT2D eigenvalue weighted by Gasteiger charge is -2.44. The van der Waals surface area contributed by atoms with Crippen molar-refractivity contribution in [2.24, 2.45) is 0 Å². The molecule has 0 radical (unpaired) electrons. The monoisotopic (exact) mass is 401 g/mol. The van der Waals surface area contributed by atoms with Crippen LogP contribution in [0.3, 0.4) is 0 Å². The van der Waals surface area contributed by atoms with Crippen molar-refractivity contribution < 1.29 is 21.6 Å². The number of piperidine rings is 1. The first-order valence-corrected chi connectivity index (χ1v) is 12.2. The van der Waals surface area contributed by atoms with Crippen molar-refractivity contribution in [2.75, 3.05) is 31.2 Å². The van der Waals surface area contributed by atoms with E-state index in [-0.39, 0.29) is 24.5 Å². The first-order valence-electron chi connectivity index (χ1n) is 8.88. The third-order valence-electron chi connectivity index (χ3n) is 5.56. The van der Waals surface area contributed by atoms with Gasteiger partial charge in [0.05, 0.1) is 29.1 Å². The average molecular weight is 402 g/mol. The molecule has 10 heteroatoms. The van der Waals surface area contributed by atoms with E-state index in [4.69, 9.17) is 4.74 Å². The SMILES string of the molecule is Cc1ncc2c(n1)[C@]1(CCCN(S(=O)(=O)[C@H]3CCS(=O)(=O)C3)C1)OCC2. The van der Waals surface area contributed by atoms with Crippen LogP contribution in [0.15, 0.2) is 6.20 Å². The molecule has 2 saturated heterocycles. The standard InChI is InChI=1S/C16H23N3O5S2/c1-12-17-9-13-3-7-24-16(15(13)18-12)5-2-6-19(11-16)26(22,23)14-4-8-25(20,21)10-14/h9,14H,2-8,10-11H2,1H3/t14-,16+/m0/s1. The van der Waals surface area contributed by atoms with Gasteiger partial charge in [-0.3, -0.25) is 0 Å². The fourth-order valence-corrected chi connectivity index (χ4v) is 8.83. The van der Waals surface area contributed by atoms with E-state index in [2.05, 4.69) is 9.97 Å². The largest absolute Gasteiger partial charge is 0.367 e. The molecule has 1 spiro atoms. The van der Waals surface area contributed by atoms with Gasteiger partial charge in [-0.05, 0) is 38.2 Å². The Labute approximate surface area is 153 Å². The van der Waals surface area contributed by atoms with Crippen LogP contribution in [0, 0.1) is 6.92 Å². The third-order valence-corrected chi connectivity index (χ3v) is 9.81. The summed E-state index contributed by atoms with van der Waals surface area (Å²) in [5.74, 6) is 0.301. The van der Waals surface area contributed by atoms with Gasteiger partial charge in [0, 0.05) is 19.3 Å². The van der Waals surface area contributed by atoms with Gasteiger partial charge < -0.3 is 4.74 Å². The van der Waals surface area contributed by atoms with Crippen LogP contribution >= 0.6 is 0 Å². The second-order valence-corrected chi connectivity index (χ2v) is 11.8. The summed E-state index contributed by atoms with van der Waals surface area (Å²) < 4.78 is 57.1. The quantitative estimate of drug-likeness (QED) is 0.695. The van der Waals surface area contributed by atoms with E-state index < -0.39 is 30.7 Å². The molecule has 4 heterocycles. The molecule has 1 aromatic rings. The molecule has 3 aliphatic rings. The minimum Gasteiger partial charge on any atom is -0.367 e. The Hall–Kier alpha value is -1.10. The van der Waals surface area contributed by atoms with Crippen molar-refractivity contribution in [3.05, 3.63) is 23.3 Å². The highest BCUT2D eigenvalue weighted by atomic mass is 32.2. The maximum absolute atomic E-state index is 13.1. The van der Waals surface area contributed by atoms with Gasteiger partial charge in [-0.1, -0.05) is 0 Å². The molecule has 8 nitrogen and oxygen atoms in total. The number of hydrogen-bond acceptors (Lipinski definition) is 7. The Morgan fingerprint density at radius 3 is 2.92 bits per heavy atom. The van der Waals surface area contributed by atoms with Crippen LogP contribution in [-0.2, 0) is 36.6 Å². The van der Waals surface area contributed by atoms with Crippen LogP contribution in [0.4, 0.5) is 0 Å². The van der Waals surface area contributed by atoms with E-state index in [1.807, 2.05) is 6.92 Å². The van der Waals surface area contributed by atoms with Crippen molar-refractivity contribution in [2.45, 2.75) is 43.5 Å². The fourth-order valence-electron chi connectivity index (χ4n) is 4.22. The Bertz CT molecular complexity index is 931. The summed E-state index contributed by atoms with van der Waals surface area (Å²) in [6, 6.07) is 0. The van der Waals surface area contributed by atoms with Gasteiger partial charge in [0.1, 0.15) is 11.4 Å². The molecule has 0 aliphatic carbocycles. The second-order valence-electron chi connectivity index (χ2n) is 7.39. The number of aryl methyl sites for hydroxylation is 1. The van der Waals surface area contributed by atoms with Crippen molar-refractivity contribution in [1.29, 1.82) is 0 Å². The van der Waals surface area contributed by atoms with Crippen LogP contribution in [0.1, 0.15) is 36.3 Å². The highest BCUT2D eigenvalue weighted by Crippen LogP contribution is 2.40. The molecule has 1 aromatic heterocycles. The molecular weight excluding hydrogens is 378 g/mol. The van der Waals surface area contributed by atoms with Crippen molar-refractivity contribution >= 4 is 19.9 Å². The molecule has 144 valence electrons. The van der Waals surface area contributed by atoms with Crippen LogP contribution < -0.4 is 0 Å². The molecule has 4 rings (SSSR count). The summed E-state index contributed by atoms with van der Waals surface area (Å²) in [5.41, 5.74) is 1.03. The minimum absolute atomic E-state index is 0.0539. The van der Waals surface area contributed by atoms with Crippen LogP contribution in [0.25, 0.3) is 0 Å². The van der Waals surface area contributed by atoms with E-state index in [9.17, 15) is 16.8 Å². The Morgan fingerprint density at radius 1 is 1.38 bits per heavy atom. The zero-order valence-electron chi connectivity index (χ0n) is 14.7. The fraction of sp³-hybridized carbons (Fsp3) is 0.750. The zero-order valence-corrected chi connectivity index (χ0v) is 16.4. The maximum Gasteiger partial charge on any atom is 0.218 e. The van der Waals surface area contributed by atoms with Crippen LogP contribution in [0.2, 0.25) is 0 Å². The number of sulfone groups is 1. The van der Waals surface area contributed by atoms with Crippen molar-refractivity contribution in [3.8, 4) is 0 Å². The summed E-state index contributed by atoms with van der Waals surface area (Å²) in [6.07, 6.45) is 4.05. The normalized spacial score (nSPS) is 31.8. The molecule has 0 bridgehead atoms.